The van der Waals surface area contributed by atoms with Crippen molar-refractivity contribution in [3.8, 4) is 22.5 Å². The van der Waals surface area contributed by atoms with E-state index in [0.717, 1.165) is 0 Å². The van der Waals surface area contributed by atoms with Gasteiger partial charge in [-0.3, -0.25) is 0 Å². The summed E-state index contributed by atoms with van der Waals surface area (Å²) in [6, 6.07) is 43.1. The first-order valence-electron chi connectivity index (χ1n) is 15.1. The maximum Gasteiger partial charge on any atom is 0.0544 e. The van der Waals surface area contributed by atoms with Gasteiger partial charge >= 0.3 is 0 Å². The van der Waals surface area contributed by atoms with Crippen molar-refractivity contribution in [3.63, 3.8) is 0 Å². The average molecular weight is 555 g/mol. The third kappa shape index (κ3) is 3.94. The molecule has 0 atom stereocenters. The quantitative estimate of drug-likeness (QED) is 0.206. The van der Waals surface area contributed by atoms with Crippen LogP contribution < -0.4 is 0 Å². The minimum Gasteiger partial charge on any atom is -0.309 e. The lowest BCUT2D eigenvalue weighted by Gasteiger charge is -2.20. The summed E-state index contributed by atoms with van der Waals surface area (Å²) in [7, 11) is 0. The van der Waals surface area contributed by atoms with Gasteiger partial charge in [0.25, 0.3) is 0 Å². The van der Waals surface area contributed by atoms with Gasteiger partial charge in [-0.05, 0) is 106 Å². The van der Waals surface area contributed by atoms with Crippen molar-refractivity contribution in [2.24, 2.45) is 0 Å². The molecule has 6 aromatic carbocycles. The fourth-order valence-corrected chi connectivity index (χ4v) is 6.98. The van der Waals surface area contributed by atoms with Crippen molar-refractivity contribution < 1.29 is 0 Å². The van der Waals surface area contributed by atoms with E-state index in [1.165, 1.54) is 93.9 Å². The van der Waals surface area contributed by atoms with Crippen LogP contribution in [-0.4, -0.2) is 9.13 Å². The molecule has 0 unspecified atom stereocenters. The number of fused-ring (bicyclic) bond motifs is 6. The molecule has 0 aliphatic rings. The van der Waals surface area contributed by atoms with Crippen LogP contribution in [0.4, 0.5) is 0 Å². The lowest BCUT2D eigenvalue weighted by Crippen LogP contribution is -2.03. The van der Waals surface area contributed by atoms with Crippen LogP contribution in [0.2, 0.25) is 0 Å². The lowest BCUT2D eigenvalue weighted by molar-refractivity contribution is 1.12. The fourth-order valence-electron chi connectivity index (χ4n) is 6.98. The van der Waals surface area contributed by atoms with Crippen molar-refractivity contribution in [1.82, 2.24) is 9.13 Å². The first-order valence-corrected chi connectivity index (χ1v) is 15.1. The second-order valence-corrected chi connectivity index (χ2v) is 12.3. The zero-order chi connectivity index (χ0) is 29.4. The predicted octanol–water partition coefficient (Wildman–Crippen LogP) is 11.1. The Morgan fingerprint density at radius 1 is 0.372 bits per heavy atom. The molecule has 43 heavy (non-hydrogen) atoms. The van der Waals surface area contributed by atoms with Crippen LogP contribution in [0.3, 0.4) is 0 Å². The molecule has 0 aliphatic carbocycles. The van der Waals surface area contributed by atoms with Gasteiger partial charge in [0.05, 0.1) is 27.8 Å². The summed E-state index contributed by atoms with van der Waals surface area (Å²) in [5.41, 5.74) is 16.1. The molecular formula is C41H34N2. The summed E-state index contributed by atoms with van der Waals surface area (Å²) in [5, 5.41) is 5.20. The second kappa shape index (κ2) is 9.47. The number of hydrogen-bond acceptors (Lipinski definition) is 0. The van der Waals surface area contributed by atoms with Crippen molar-refractivity contribution in [2.45, 2.75) is 34.6 Å². The highest BCUT2D eigenvalue weighted by Crippen LogP contribution is 2.41. The number of aryl methyl sites for hydroxylation is 5. The molecule has 0 fully saturated rings. The van der Waals surface area contributed by atoms with Crippen molar-refractivity contribution >= 4 is 43.6 Å². The van der Waals surface area contributed by atoms with Gasteiger partial charge in [-0.1, -0.05) is 76.9 Å². The van der Waals surface area contributed by atoms with Crippen LogP contribution in [0, 0.1) is 34.6 Å². The first-order chi connectivity index (χ1) is 20.9. The summed E-state index contributed by atoms with van der Waals surface area (Å²) >= 11 is 0. The van der Waals surface area contributed by atoms with Gasteiger partial charge in [-0.25, -0.2) is 0 Å². The largest absolute Gasteiger partial charge is 0.309 e. The van der Waals surface area contributed by atoms with Gasteiger partial charge in [-0.2, -0.15) is 0 Å². The molecule has 0 radical (unpaired) electrons. The Kier molecular flexibility index (Phi) is 5.64. The minimum absolute atomic E-state index is 1.20. The van der Waals surface area contributed by atoms with Gasteiger partial charge in [-0.15, -0.1) is 0 Å². The maximum absolute atomic E-state index is 2.47. The third-order valence-electron chi connectivity index (χ3n) is 9.03. The van der Waals surface area contributed by atoms with E-state index in [4.69, 9.17) is 0 Å². The van der Waals surface area contributed by atoms with Crippen molar-refractivity contribution in [3.05, 3.63) is 143 Å². The summed E-state index contributed by atoms with van der Waals surface area (Å²) in [4.78, 5) is 0. The van der Waals surface area contributed by atoms with Gasteiger partial charge in [0, 0.05) is 32.8 Å². The Hall–Kier alpha value is -5.08. The number of hydrogen-bond donors (Lipinski definition) is 0. The van der Waals surface area contributed by atoms with Crippen LogP contribution in [0.1, 0.15) is 27.8 Å². The second-order valence-electron chi connectivity index (χ2n) is 12.3. The molecule has 0 bridgehead atoms. The molecule has 0 saturated heterocycles. The zero-order valence-corrected chi connectivity index (χ0v) is 25.4. The van der Waals surface area contributed by atoms with E-state index in [9.17, 15) is 0 Å². The Morgan fingerprint density at radius 2 is 0.767 bits per heavy atom. The summed E-state index contributed by atoms with van der Waals surface area (Å²) in [6.07, 6.45) is 0. The normalized spacial score (nSPS) is 11.8. The van der Waals surface area contributed by atoms with E-state index in [1.54, 1.807) is 0 Å². The Labute approximate surface area is 252 Å². The molecule has 2 heterocycles. The molecule has 0 spiro atoms. The molecule has 0 N–H and O–H groups in total. The van der Waals surface area contributed by atoms with Crippen molar-refractivity contribution in [2.75, 3.05) is 0 Å². The minimum atomic E-state index is 1.20. The molecule has 2 nitrogen and oxygen atoms in total. The predicted molar refractivity (Wildman–Crippen MR) is 184 cm³/mol. The number of aromatic nitrogens is 2. The molecule has 2 heteroatoms. The molecule has 8 rings (SSSR count). The van der Waals surface area contributed by atoms with Crippen LogP contribution in [0.5, 0.6) is 0 Å². The smallest absolute Gasteiger partial charge is 0.0544 e. The van der Waals surface area contributed by atoms with Crippen LogP contribution in [-0.2, 0) is 0 Å². The number of rotatable bonds is 3. The van der Waals surface area contributed by atoms with Crippen LogP contribution in [0.25, 0.3) is 66.1 Å². The Morgan fingerprint density at radius 3 is 1.19 bits per heavy atom. The standard InChI is InChI=1S/C41H34N2/c1-25-11-15-36-32(19-25)33-20-26(2)12-16-37(33)42(36)40-24-31(30-9-7-6-8-10-30)41(23-29(40)5)43-38-17-13-27(3)21-34(38)35-22-28(4)14-18-39(35)43/h6-24H,1-5H3. The molecule has 0 aliphatic heterocycles. The molecule has 0 amide bonds. The van der Waals surface area contributed by atoms with Gasteiger partial charge in [0.2, 0.25) is 0 Å². The molecule has 2 aromatic heterocycles. The first kappa shape index (κ1) is 25.6. The van der Waals surface area contributed by atoms with Gasteiger partial charge < -0.3 is 9.13 Å². The van der Waals surface area contributed by atoms with E-state index >= 15 is 0 Å². The lowest BCUT2D eigenvalue weighted by atomic mass is 9.99. The Bertz CT molecular complexity index is 2260. The maximum atomic E-state index is 2.47. The third-order valence-corrected chi connectivity index (χ3v) is 9.03. The van der Waals surface area contributed by atoms with Gasteiger partial charge in [0.15, 0.2) is 0 Å². The number of nitrogens with zero attached hydrogens (tertiary/aromatic N) is 2. The van der Waals surface area contributed by atoms with E-state index in [1.807, 2.05) is 0 Å². The van der Waals surface area contributed by atoms with E-state index in [2.05, 4.69) is 159 Å². The zero-order valence-electron chi connectivity index (χ0n) is 25.4. The fraction of sp³-hybridized carbons (Fsp3) is 0.122. The van der Waals surface area contributed by atoms with Crippen LogP contribution >= 0.6 is 0 Å². The van der Waals surface area contributed by atoms with Crippen molar-refractivity contribution in [1.29, 1.82) is 0 Å². The SMILES string of the molecule is Cc1ccc2c(c1)c1cc(C)ccc1n2-c1cc(-c2ccccc2)c(-n2c3ccc(C)cc3c3cc(C)ccc32)cc1C. The van der Waals surface area contributed by atoms with Gasteiger partial charge in [0.1, 0.15) is 0 Å². The molecule has 0 saturated carbocycles. The molecule has 8 aromatic rings. The summed E-state index contributed by atoms with van der Waals surface area (Å²) in [6.45, 7) is 11.0. The van der Waals surface area contributed by atoms with E-state index in [-0.39, 0.29) is 0 Å². The summed E-state index contributed by atoms with van der Waals surface area (Å²) in [5.74, 6) is 0. The van der Waals surface area contributed by atoms with E-state index in [0.29, 0.717) is 0 Å². The highest BCUT2D eigenvalue weighted by molar-refractivity contribution is 6.11. The van der Waals surface area contributed by atoms with E-state index < -0.39 is 0 Å². The molecule has 208 valence electrons. The molecular weight excluding hydrogens is 520 g/mol. The topological polar surface area (TPSA) is 9.86 Å². The highest BCUT2D eigenvalue weighted by Gasteiger charge is 2.20. The average Bonchev–Trinajstić information content (AvgIpc) is 3.48. The van der Waals surface area contributed by atoms with Crippen LogP contribution in [0.15, 0.2) is 115 Å². The Balaban J connectivity index is 1.50. The summed E-state index contributed by atoms with van der Waals surface area (Å²) < 4.78 is 4.94. The number of benzene rings is 6. The monoisotopic (exact) mass is 554 g/mol. The highest BCUT2D eigenvalue weighted by atomic mass is 15.0.